The summed E-state index contributed by atoms with van der Waals surface area (Å²) < 4.78 is 6.43. The van der Waals surface area contributed by atoms with Crippen molar-refractivity contribution in [3.63, 3.8) is 0 Å². The zero-order chi connectivity index (χ0) is 14.1. The van der Waals surface area contributed by atoms with E-state index in [0.29, 0.717) is 0 Å². The molecule has 0 atom stereocenters. The lowest BCUT2D eigenvalue weighted by molar-refractivity contribution is 0.218. The molecular weight excluding hydrogens is 276 g/mol. The monoisotopic (exact) mass is 290 g/mol. The summed E-state index contributed by atoms with van der Waals surface area (Å²) in [5.74, 6) is 0.954. The molecule has 0 bridgehead atoms. The Morgan fingerprint density at radius 2 is 1.14 bits per heavy atom. The van der Waals surface area contributed by atoms with Crippen LogP contribution in [0.15, 0.2) is 89.8 Å². The Hall–Kier alpha value is -2.19. The molecule has 0 spiro atoms. The molecule has 0 aromatic heterocycles. The fourth-order valence-electron chi connectivity index (χ4n) is 2.67. The van der Waals surface area contributed by atoms with E-state index >= 15 is 0 Å². The third-order valence-corrected chi connectivity index (χ3v) is 5.06. The van der Waals surface area contributed by atoms with E-state index in [2.05, 4.69) is 60.7 Å². The second-order valence-corrected chi connectivity index (χ2v) is 6.22. The molecule has 102 valence electrons. The van der Waals surface area contributed by atoms with Crippen LogP contribution in [0.2, 0.25) is 0 Å². The number of para-hydroxylation sites is 1. The van der Waals surface area contributed by atoms with E-state index in [0.717, 1.165) is 16.9 Å². The van der Waals surface area contributed by atoms with Crippen LogP contribution < -0.4 is 4.74 Å². The molecule has 0 unspecified atom stereocenters. The van der Waals surface area contributed by atoms with E-state index in [1.54, 1.807) is 11.8 Å². The first-order valence-electron chi connectivity index (χ1n) is 6.97. The average molecular weight is 290 g/mol. The fraction of sp³-hybridized carbons (Fsp3) is 0.0526. The van der Waals surface area contributed by atoms with Crippen LogP contribution in [0.3, 0.4) is 0 Å². The summed E-state index contributed by atoms with van der Waals surface area (Å²) in [7, 11) is 0. The highest BCUT2D eigenvalue weighted by molar-refractivity contribution is 8.00. The molecule has 0 saturated heterocycles. The average Bonchev–Trinajstić information content (AvgIpc) is 2.97. The molecule has 0 N–H and O–H groups in total. The summed E-state index contributed by atoms with van der Waals surface area (Å²) >= 11 is 1.77. The summed E-state index contributed by atoms with van der Waals surface area (Å²) in [6, 6.07) is 29.1. The molecule has 1 aliphatic rings. The van der Waals surface area contributed by atoms with Crippen molar-refractivity contribution in [3.05, 3.63) is 96.1 Å². The number of fused-ring (bicyclic) bond motifs is 1. The van der Waals surface area contributed by atoms with Gasteiger partial charge in [-0.15, -0.1) is 0 Å². The van der Waals surface area contributed by atoms with Gasteiger partial charge in [0.05, 0.1) is 4.90 Å². The fourth-order valence-corrected chi connectivity index (χ4v) is 3.97. The topological polar surface area (TPSA) is 9.23 Å². The van der Waals surface area contributed by atoms with Crippen LogP contribution >= 0.6 is 11.8 Å². The van der Waals surface area contributed by atoms with Gasteiger partial charge in [-0.2, -0.15) is 0 Å². The van der Waals surface area contributed by atoms with Gasteiger partial charge in [-0.3, -0.25) is 0 Å². The van der Waals surface area contributed by atoms with Crippen LogP contribution in [-0.4, -0.2) is 0 Å². The molecule has 1 nitrogen and oxygen atoms in total. The molecule has 0 fully saturated rings. The molecule has 0 amide bonds. The van der Waals surface area contributed by atoms with Crippen molar-refractivity contribution in [2.45, 2.75) is 9.83 Å². The Labute approximate surface area is 128 Å². The Morgan fingerprint density at radius 1 is 0.619 bits per heavy atom. The van der Waals surface area contributed by atoms with Gasteiger partial charge < -0.3 is 4.74 Å². The van der Waals surface area contributed by atoms with E-state index in [4.69, 9.17) is 4.74 Å². The molecule has 0 radical (unpaired) electrons. The van der Waals surface area contributed by atoms with Gasteiger partial charge in [0.1, 0.15) is 5.75 Å². The molecule has 0 aliphatic carbocycles. The summed E-state index contributed by atoms with van der Waals surface area (Å²) in [5.41, 5.74) is 2.33. The van der Waals surface area contributed by atoms with E-state index < -0.39 is 4.93 Å². The molecule has 4 rings (SSSR count). The first-order valence-corrected chi connectivity index (χ1v) is 7.78. The minimum absolute atomic E-state index is 0.494. The second kappa shape index (κ2) is 4.97. The van der Waals surface area contributed by atoms with Crippen molar-refractivity contribution in [1.29, 1.82) is 0 Å². The van der Waals surface area contributed by atoms with Crippen molar-refractivity contribution < 1.29 is 4.74 Å². The van der Waals surface area contributed by atoms with Crippen LogP contribution in [0.1, 0.15) is 11.1 Å². The van der Waals surface area contributed by atoms with E-state index in [1.165, 1.54) is 4.90 Å². The third kappa shape index (κ3) is 2.03. The van der Waals surface area contributed by atoms with Crippen molar-refractivity contribution in [2.24, 2.45) is 0 Å². The van der Waals surface area contributed by atoms with E-state index in [9.17, 15) is 0 Å². The lowest BCUT2D eigenvalue weighted by Gasteiger charge is -2.28. The quantitative estimate of drug-likeness (QED) is 0.651. The normalized spacial score (nSPS) is 15.2. The second-order valence-electron chi connectivity index (χ2n) is 5.00. The number of hydrogen-bond acceptors (Lipinski definition) is 2. The summed E-state index contributed by atoms with van der Waals surface area (Å²) in [5, 5.41) is 0. The number of thioether (sulfide) groups is 1. The number of ether oxygens (including phenoxy) is 1. The number of benzene rings is 3. The zero-order valence-electron chi connectivity index (χ0n) is 11.4. The van der Waals surface area contributed by atoms with Gasteiger partial charge in [0.2, 0.25) is 4.93 Å². The summed E-state index contributed by atoms with van der Waals surface area (Å²) in [6.07, 6.45) is 0. The summed E-state index contributed by atoms with van der Waals surface area (Å²) in [4.78, 5) is 0.692. The predicted octanol–water partition coefficient (Wildman–Crippen LogP) is 5.07. The highest BCUT2D eigenvalue weighted by atomic mass is 32.2. The maximum absolute atomic E-state index is 6.43. The van der Waals surface area contributed by atoms with Gasteiger partial charge in [-0.1, -0.05) is 84.6 Å². The third-order valence-electron chi connectivity index (χ3n) is 3.66. The van der Waals surface area contributed by atoms with Crippen LogP contribution in [0.5, 0.6) is 5.75 Å². The zero-order valence-corrected chi connectivity index (χ0v) is 12.2. The highest BCUT2D eigenvalue weighted by Crippen LogP contribution is 2.55. The van der Waals surface area contributed by atoms with Gasteiger partial charge in [0.15, 0.2) is 0 Å². The minimum atomic E-state index is -0.494. The van der Waals surface area contributed by atoms with Crippen molar-refractivity contribution in [1.82, 2.24) is 0 Å². The van der Waals surface area contributed by atoms with Crippen LogP contribution in [0, 0.1) is 0 Å². The molecule has 2 heteroatoms. The smallest absolute Gasteiger partial charge is 0.210 e. The van der Waals surface area contributed by atoms with Crippen LogP contribution in [0.25, 0.3) is 0 Å². The van der Waals surface area contributed by atoms with Gasteiger partial charge >= 0.3 is 0 Å². The lowest BCUT2D eigenvalue weighted by Crippen LogP contribution is -2.27. The van der Waals surface area contributed by atoms with Gasteiger partial charge in [0.25, 0.3) is 0 Å². The van der Waals surface area contributed by atoms with Crippen LogP contribution in [-0.2, 0) is 4.93 Å². The summed E-state index contributed by atoms with van der Waals surface area (Å²) in [6.45, 7) is 0. The predicted molar refractivity (Wildman–Crippen MR) is 86.6 cm³/mol. The van der Waals surface area contributed by atoms with Gasteiger partial charge in [-0.05, 0) is 12.1 Å². The molecule has 3 aromatic carbocycles. The molecule has 0 saturated carbocycles. The Bertz CT molecular complexity index is 686. The maximum Gasteiger partial charge on any atom is 0.210 e. The van der Waals surface area contributed by atoms with Crippen molar-refractivity contribution in [3.8, 4) is 5.75 Å². The number of rotatable bonds is 2. The van der Waals surface area contributed by atoms with Gasteiger partial charge in [0, 0.05) is 11.1 Å². The Kier molecular flexibility index (Phi) is 2.97. The molecule has 1 aliphatic heterocycles. The molecule has 3 aromatic rings. The maximum atomic E-state index is 6.43. The minimum Gasteiger partial charge on any atom is -0.466 e. The Morgan fingerprint density at radius 3 is 1.71 bits per heavy atom. The molecule has 1 heterocycles. The molecule has 21 heavy (non-hydrogen) atoms. The van der Waals surface area contributed by atoms with Gasteiger partial charge in [-0.25, -0.2) is 0 Å². The standard InChI is InChI=1S/C19H14OS/c1-3-9-15(10-4-1)19(16-11-5-2-6-12-16)20-17-13-7-8-14-18(17)21-19/h1-14H. The first-order chi connectivity index (χ1) is 10.4. The Balaban J connectivity index is 1.90. The van der Waals surface area contributed by atoms with Crippen LogP contribution in [0.4, 0.5) is 0 Å². The number of hydrogen-bond donors (Lipinski definition) is 0. The largest absolute Gasteiger partial charge is 0.466 e. The van der Waals surface area contributed by atoms with Crippen molar-refractivity contribution in [2.75, 3.05) is 0 Å². The van der Waals surface area contributed by atoms with Crippen molar-refractivity contribution >= 4 is 11.8 Å². The highest BCUT2D eigenvalue weighted by Gasteiger charge is 2.43. The SMILES string of the molecule is c1ccc(C2(c3ccccc3)Oc3ccccc3S2)cc1. The van der Waals surface area contributed by atoms with E-state index in [-0.39, 0.29) is 0 Å². The van der Waals surface area contributed by atoms with E-state index in [1.807, 2.05) is 24.3 Å². The lowest BCUT2D eigenvalue weighted by atomic mass is 10.0. The first kappa shape index (κ1) is 12.5. The molecular formula is C19H14OS.